The summed E-state index contributed by atoms with van der Waals surface area (Å²) in [6.07, 6.45) is 9.58. The molecule has 0 saturated carbocycles. The summed E-state index contributed by atoms with van der Waals surface area (Å²) in [5, 5.41) is 8.51. The number of hydrogen-bond acceptors (Lipinski definition) is 6. The van der Waals surface area contributed by atoms with Crippen LogP contribution in [0.2, 0.25) is 0 Å². The number of benzene rings is 1. The zero-order valence-corrected chi connectivity index (χ0v) is 14.6. The van der Waals surface area contributed by atoms with Crippen LogP contribution in [0.25, 0.3) is 6.08 Å². The van der Waals surface area contributed by atoms with E-state index in [0.29, 0.717) is 18.1 Å². The van der Waals surface area contributed by atoms with Gasteiger partial charge in [-0.3, -0.25) is 20.2 Å². The number of ether oxygens (including phenoxy) is 1. The van der Waals surface area contributed by atoms with Crippen LogP contribution in [0, 0.1) is 0 Å². The lowest BCUT2D eigenvalue weighted by Crippen LogP contribution is -2.52. The standard InChI is InChI=1S/C18H19N3O3S/c1-18(8-2-3-9-19-18)20-10-11-24-14-6-4-13(5-7-14)12-15-16(22)21-17(23)25-15/h2-9,12,19-20H,10-11H2,1H3,(H,21,22,23)/b15-12+/t18-/m1/s1. The Hall–Kier alpha value is -2.51. The molecule has 2 aliphatic rings. The Kier molecular flexibility index (Phi) is 5.25. The molecule has 2 amide bonds. The molecule has 1 fully saturated rings. The van der Waals surface area contributed by atoms with Gasteiger partial charge in [-0.25, -0.2) is 0 Å². The van der Waals surface area contributed by atoms with Crippen molar-refractivity contribution in [2.75, 3.05) is 13.2 Å². The largest absolute Gasteiger partial charge is 0.492 e. The lowest BCUT2D eigenvalue weighted by Gasteiger charge is -2.29. The molecule has 0 aromatic heterocycles. The van der Waals surface area contributed by atoms with Crippen LogP contribution in [0.1, 0.15) is 12.5 Å². The van der Waals surface area contributed by atoms with Crippen LogP contribution in [0.4, 0.5) is 4.79 Å². The number of hydrogen-bond donors (Lipinski definition) is 3. The van der Waals surface area contributed by atoms with E-state index in [1.807, 2.05) is 42.6 Å². The third kappa shape index (κ3) is 4.74. The van der Waals surface area contributed by atoms with Crippen molar-refractivity contribution in [1.82, 2.24) is 16.0 Å². The molecule has 1 saturated heterocycles. The average molecular weight is 357 g/mol. The van der Waals surface area contributed by atoms with Crippen molar-refractivity contribution < 1.29 is 14.3 Å². The molecule has 3 rings (SSSR count). The summed E-state index contributed by atoms with van der Waals surface area (Å²) in [6.45, 7) is 3.27. The van der Waals surface area contributed by atoms with Crippen LogP contribution >= 0.6 is 11.8 Å². The topological polar surface area (TPSA) is 79.5 Å². The Labute approximate surface area is 150 Å². The lowest BCUT2D eigenvalue weighted by molar-refractivity contribution is -0.115. The van der Waals surface area contributed by atoms with Crippen LogP contribution in [0.5, 0.6) is 5.75 Å². The minimum atomic E-state index is -0.352. The number of allylic oxidation sites excluding steroid dienone is 2. The molecule has 1 atom stereocenters. The number of nitrogens with one attached hydrogen (secondary N) is 3. The lowest BCUT2D eigenvalue weighted by atomic mass is 10.1. The fraction of sp³-hybridized carbons (Fsp3) is 0.222. The molecule has 0 radical (unpaired) electrons. The van der Waals surface area contributed by atoms with Crippen molar-refractivity contribution in [2.24, 2.45) is 0 Å². The van der Waals surface area contributed by atoms with Gasteiger partial charge in [0.2, 0.25) is 0 Å². The van der Waals surface area contributed by atoms with Crippen LogP contribution in [0.15, 0.2) is 53.6 Å². The van der Waals surface area contributed by atoms with Gasteiger partial charge in [-0.05, 0) is 60.8 Å². The molecular formula is C18H19N3O3S. The van der Waals surface area contributed by atoms with E-state index in [1.165, 1.54) is 0 Å². The van der Waals surface area contributed by atoms with E-state index in [2.05, 4.69) is 29.0 Å². The summed E-state index contributed by atoms with van der Waals surface area (Å²) < 4.78 is 5.71. The molecule has 0 bridgehead atoms. The van der Waals surface area contributed by atoms with E-state index in [9.17, 15) is 9.59 Å². The van der Waals surface area contributed by atoms with Gasteiger partial charge in [-0.1, -0.05) is 18.2 Å². The second-order valence-electron chi connectivity index (χ2n) is 5.76. The number of rotatable bonds is 6. The normalized spacial score (nSPS) is 23.6. The smallest absolute Gasteiger partial charge is 0.290 e. The minimum absolute atomic E-state index is 0.259. The number of carbonyl (C=O) groups is 2. The van der Waals surface area contributed by atoms with Crippen LogP contribution in [0.3, 0.4) is 0 Å². The third-order valence-electron chi connectivity index (χ3n) is 3.70. The maximum Gasteiger partial charge on any atom is 0.290 e. The predicted octanol–water partition coefficient (Wildman–Crippen LogP) is 2.37. The maximum absolute atomic E-state index is 11.5. The van der Waals surface area contributed by atoms with Gasteiger partial charge in [0.15, 0.2) is 0 Å². The fourth-order valence-corrected chi connectivity index (χ4v) is 3.08. The first-order valence-corrected chi connectivity index (χ1v) is 8.71. The zero-order chi connectivity index (χ0) is 17.7. The third-order valence-corrected chi connectivity index (χ3v) is 4.51. The highest BCUT2D eigenvalue weighted by molar-refractivity contribution is 8.18. The van der Waals surface area contributed by atoms with Gasteiger partial charge in [0, 0.05) is 6.54 Å². The zero-order valence-electron chi connectivity index (χ0n) is 13.7. The first-order valence-electron chi connectivity index (χ1n) is 7.89. The first-order chi connectivity index (χ1) is 12.0. The van der Waals surface area contributed by atoms with Crippen molar-refractivity contribution in [3.8, 4) is 5.75 Å². The van der Waals surface area contributed by atoms with Gasteiger partial charge in [-0.15, -0.1) is 0 Å². The Morgan fingerprint density at radius 3 is 2.68 bits per heavy atom. The molecule has 7 heteroatoms. The SMILES string of the molecule is C[C@@]1(NCCOc2ccc(/C=C3/SC(=O)NC3=O)cc2)C=CC=CN1. The molecule has 25 heavy (non-hydrogen) atoms. The molecule has 0 spiro atoms. The Balaban J connectivity index is 1.47. The van der Waals surface area contributed by atoms with E-state index < -0.39 is 0 Å². The van der Waals surface area contributed by atoms with E-state index >= 15 is 0 Å². The molecule has 1 aromatic rings. The van der Waals surface area contributed by atoms with Gasteiger partial charge >= 0.3 is 0 Å². The second kappa shape index (κ2) is 7.58. The van der Waals surface area contributed by atoms with E-state index in [1.54, 1.807) is 6.08 Å². The number of imide groups is 1. The summed E-state index contributed by atoms with van der Waals surface area (Å²) >= 11 is 0.908. The van der Waals surface area contributed by atoms with Crippen LogP contribution in [-0.2, 0) is 4.79 Å². The van der Waals surface area contributed by atoms with E-state index in [-0.39, 0.29) is 16.8 Å². The first kappa shape index (κ1) is 17.3. The van der Waals surface area contributed by atoms with Crippen molar-refractivity contribution >= 4 is 29.0 Å². The highest BCUT2D eigenvalue weighted by Crippen LogP contribution is 2.26. The van der Waals surface area contributed by atoms with Gasteiger partial charge in [0.25, 0.3) is 11.1 Å². The summed E-state index contributed by atoms with van der Waals surface area (Å²) in [5.41, 5.74) is 0.583. The number of carbonyl (C=O) groups excluding carboxylic acids is 2. The van der Waals surface area contributed by atoms with Crippen molar-refractivity contribution in [2.45, 2.75) is 12.6 Å². The Morgan fingerprint density at radius 2 is 2.04 bits per heavy atom. The van der Waals surface area contributed by atoms with E-state index in [0.717, 1.165) is 23.1 Å². The molecule has 0 aliphatic carbocycles. The average Bonchev–Trinajstić information content (AvgIpc) is 2.91. The maximum atomic E-state index is 11.5. The minimum Gasteiger partial charge on any atom is -0.492 e. The molecule has 0 unspecified atom stereocenters. The van der Waals surface area contributed by atoms with Crippen LogP contribution < -0.4 is 20.7 Å². The second-order valence-corrected chi connectivity index (χ2v) is 6.78. The fourth-order valence-electron chi connectivity index (χ4n) is 2.40. The molecule has 6 nitrogen and oxygen atoms in total. The highest BCUT2D eigenvalue weighted by Gasteiger charge is 2.24. The molecule has 130 valence electrons. The summed E-state index contributed by atoms with van der Waals surface area (Å²) in [6, 6.07) is 7.39. The van der Waals surface area contributed by atoms with E-state index in [4.69, 9.17) is 4.74 Å². The summed E-state index contributed by atoms with van der Waals surface area (Å²) in [7, 11) is 0. The highest BCUT2D eigenvalue weighted by atomic mass is 32.2. The number of thioether (sulfide) groups is 1. The van der Waals surface area contributed by atoms with Crippen molar-refractivity contribution in [3.05, 3.63) is 59.2 Å². The van der Waals surface area contributed by atoms with Crippen molar-refractivity contribution in [3.63, 3.8) is 0 Å². The van der Waals surface area contributed by atoms with Gasteiger partial charge in [0.05, 0.1) is 4.91 Å². The molecule has 2 aliphatic heterocycles. The number of dihydropyridines is 1. The van der Waals surface area contributed by atoms with Gasteiger partial charge in [0.1, 0.15) is 18.0 Å². The van der Waals surface area contributed by atoms with Crippen LogP contribution in [-0.4, -0.2) is 30.0 Å². The molecule has 2 heterocycles. The van der Waals surface area contributed by atoms with Gasteiger partial charge in [-0.2, -0.15) is 0 Å². The quantitative estimate of drug-likeness (QED) is 0.536. The monoisotopic (exact) mass is 357 g/mol. The van der Waals surface area contributed by atoms with Gasteiger partial charge < -0.3 is 10.1 Å². The Bertz CT molecular complexity index is 755. The predicted molar refractivity (Wildman–Crippen MR) is 98.9 cm³/mol. The summed E-state index contributed by atoms with van der Waals surface area (Å²) in [4.78, 5) is 23.1. The number of amides is 2. The molecule has 1 aromatic carbocycles. The molecule has 3 N–H and O–H groups in total. The Morgan fingerprint density at radius 1 is 1.24 bits per heavy atom. The molecular weight excluding hydrogens is 338 g/mol. The van der Waals surface area contributed by atoms with Crippen molar-refractivity contribution in [1.29, 1.82) is 0 Å². The summed E-state index contributed by atoms with van der Waals surface area (Å²) in [5.74, 6) is 0.399.